The molecule has 1 fully saturated rings. The first-order valence-corrected chi connectivity index (χ1v) is 12.1. The van der Waals surface area contributed by atoms with Gasteiger partial charge < -0.3 is 19.3 Å². The lowest BCUT2D eigenvalue weighted by Gasteiger charge is -2.41. The third-order valence-electron chi connectivity index (χ3n) is 6.94. The van der Waals surface area contributed by atoms with E-state index < -0.39 is 41.7 Å². The fourth-order valence-electron chi connectivity index (χ4n) is 4.92. The molecule has 0 radical (unpaired) electrons. The number of carbonyl (C=O) groups is 2. The van der Waals surface area contributed by atoms with E-state index in [2.05, 4.69) is 15.4 Å². The third-order valence-corrected chi connectivity index (χ3v) is 6.94. The summed E-state index contributed by atoms with van der Waals surface area (Å²) in [6.07, 6.45) is 1.15. The standard InChI is InChI=1S/C26H25F3N6O4/c1-13-23(14(2)33(3)24(13)32-25(36)37)20-9-22(19(29)10-30-20)39-18-11-34(12-18)26(38)35-21(4-5-31-35)15-6-16(27)8-17(28)7-15/h5-10,18,21,32H,4,11-12H2,1-3H3,(H,36,37). The number of pyridine rings is 1. The molecule has 10 nitrogen and oxygen atoms in total. The Morgan fingerprint density at radius 1 is 1.10 bits per heavy atom. The van der Waals surface area contributed by atoms with Crippen molar-refractivity contribution in [2.24, 2.45) is 12.1 Å². The van der Waals surface area contributed by atoms with Crippen LogP contribution in [0, 0.1) is 31.3 Å². The molecule has 2 aromatic heterocycles. The Morgan fingerprint density at radius 3 is 2.46 bits per heavy atom. The summed E-state index contributed by atoms with van der Waals surface area (Å²) in [7, 11) is 1.71. The van der Waals surface area contributed by atoms with Gasteiger partial charge in [0.25, 0.3) is 0 Å². The second-order valence-corrected chi connectivity index (χ2v) is 9.45. The molecule has 4 heterocycles. The number of carbonyl (C=O) groups excluding carboxylic acids is 1. The molecule has 204 valence electrons. The maximum atomic E-state index is 14.6. The molecule has 3 amide bonds. The van der Waals surface area contributed by atoms with Gasteiger partial charge in [-0.25, -0.2) is 27.8 Å². The van der Waals surface area contributed by atoms with Gasteiger partial charge in [-0.2, -0.15) is 5.10 Å². The Bertz CT molecular complexity index is 1480. The number of likely N-dealkylation sites (tertiary alicyclic amines) is 1. The second-order valence-electron chi connectivity index (χ2n) is 9.45. The van der Waals surface area contributed by atoms with Gasteiger partial charge in [-0.1, -0.05) is 0 Å². The molecule has 1 aromatic carbocycles. The van der Waals surface area contributed by atoms with Crippen LogP contribution in [0.2, 0.25) is 0 Å². The van der Waals surface area contributed by atoms with E-state index in [1.165, 1.54) is 34.3 Å². The number of ether oxygens (including phenoxy) is 1. The molecule has 1 saturated heterocycles. The maximum Gasteiger partial charge on any atom is 0.410 e. The van der Waals surface area contributed by atoms with Gasteiger partial charge in [-0.3, -0.25) is 10.3 Å². The topological polar surface area (TPSA) is 112 Å². The number of halogens is 3. The van der Waals surface area contributed by atoms with Gasteiger partial charge >= 0.3 is 12.1 Å². The van der Waals surface area contributed by atoms with Crippen molar-refractivity contribution in [3.63, 3.8) is 0 Å². The average molecular weight is 543 g/mol. The largest absolute Gasteiger partial charge is 0.483 e. The summed E-state index contributed by atoms with van der Waals surface area (Å²) in [6.45, 7) is 3.84. The number of hydrazone groups is 1. The molecule has 3 aromatic rings. The van der Waals surface area contributed by atoms with Crippen LogP contribution in [-0.2, 0) is 7.05 Å². The van der Waals surface area contributed by atoms with Crippen molar-refractivity contribution in [2.75, 3.05) is 18.4 Å². The predicted octanol–water partition coefficient (Wildman–Crippen LogP) is 4.83. The van der Waals surface area contributed by atoms with E-state index in [0.29, 0.717) is 34.6 Å². The van der Waals surface area contributed by atoms with E-state index in [1.54, 1.807) is 25.5 Å². The minimum Gasteiger partial charge on any atom is -0.483 e. The Balaban J connectivity index is 1.28. The van der Waals surface area contributed by atoms with Crippen molar-refractivity contribution < 1.29 is 32.6 Å². The molecule has 13 heteroatoms. The van der Waals surface area contributed by atoms with Gasteiger partial charge in [0.1, 0.15) is 23.6 Å². The van der Waals surface area contributed by atoms with Gasteiger partial charge in [-0.15, -0.1) is 0 Å². The molecule has 1 atom stereocenters. The van der Waals surface area contributed by atoms with Crippen LogP contribution in [0.4, 0.5) is 28.6 Å². The Kier molecular flexibility index (Phi) is 6.66. The van der Waals surface area contributed by atoms with Gasteiger partial charge in [0.2, 0.25) is 0 Å². The minimum atomic E-state index is -1.21. The summed E-state index contributed by atoms with van der Waals surface area (Å²) < 4.78 is 49.5. The lowest BCUT2D eigenvalue weighted by Crippen LogP contribution is -2.58. The minimum absolute atomic E-state index is 0.0557. The highest BCUT2D eigenvalue weighted by atomic mass is 19.1. The number of urea groups is 1. The first-order chi connectivity index (χ1) is 18.5. The third kappa shape index (κ3) is 4.87. The van der Waals surface area contributed by atoms with E-state index in [0.717, 1.165) is 18.0 Å². The number of rotatable bonds is 5. The summed E-state index contributed by atoms with van der Waals surface area (Å²) in [6, 6.07) is 3.46. The smallest absolute Gasteiger partial charge is 0.410 e. The van der Waals surface area contributed by atoms with Gasteiger partial charge in [0.15, 0.2) is 11.6 Å². The van der Waals surface area contributed by atoms with Crippen LogP contribution in [0.25, 0.3) is 11.3 Å². The van der Waals surface area contributed by atoms with Gasteiger partial charge in [0, 0.05) is 48.6 Å². The fraction of sp³-hybridized carbons (Fsp3) is 0.308. The van der Waals surface area contributed by atoms with Gasteiger partial charge in [-0.05, 0) is 31.5 Å². The Morgan fingerprint density at radius 2 is 1.79 bits per heavy atom. The zero-order chi connectivity index (χ0) is 28.0. The highest BCUT2D eigenvalue weighted by Crippen LogP contribution is 2.36. The number of nitrogens with one attached hydrogen (secondary N) is 1. The van der Waals surface area contributed by atoms with Crippen molar-refractivity contribution in [3.05, 3.63) is 64.7 Å². The first-order valence-electron chi connectivity index (χ1n) is 12.1. The molecule has 5 rings (SSSR count). The van der Waals surface area contributed by atoms with E-state index >= 15 is 0 Å². The number of hydrogen-bond donors (Lipinski definition) is 2. The number of carboxylic acid groups (broad SMARTS) is 1. The van der Waals surface area contributed by atoms with Crippen LogP contribution >= 0.6 is 0 Å². The molecule has 0 spiro atoms. The molecule has 2 aliphatic rings. The second kappa shape index (κ2) is 9.97. The van der Waals surface area contributed by atoms with Gasteiger partial charge in [0.05, 0.1) is 31.0 Å². The highest BCUT2D eigenvalue weighted by Gasteiger charge is 2.39. The Labute approximate surface area is 221 Å². The number of amides is 3. The number of nitrogens with zero attached hydrogens (tertiary/aromatic N) is 5. The lowest BCUT2D eigenvalue weighted by molar-refractivity contribution is 0.0256. The lowest BCUT2D eigenvalue weighted by atomic mass is 10.0. The first kappa shape index (κ1) is 26.1. The summed E-state index contributed by atoms with van der Waals surface area (Å²) in [4.78, 5) is 29.8. The summed E-state index contributed by atoms with van der Waals surface area (Å²) >= 11 is 0. The zero-order valence-corrected chi connectivity index (χ0v) is 21.3. The molecule has 2 aliphatic heterocycles. The van der Waals surface area contributed by atoms with Crippen LogP contribution in [-0.4, -0.2) is 62.1 Å². The van der Waals surface area contributed by atoms with Crippen molar-refractivity contribution >= 4 is 24.2 Å². The van der Waals surface area contributed by atoms with Crippen molar-refractivity contribution in [2.45, 2.75) is 32.4 Å². The van der Waals surface area contributed by atoms with Crippen molar-refractivity contribution in [1.29, 1.82) is 0 Å². The molecule has 0 aliphatic carbocycles. The van der Waals surface area contributed by atoms with Crippen LogP contribution < -0.4 is 10.1 Å². The predicted molar refractivity (Wildman–Crippen MR) is 135 cm³/mol. The molecule has 0 saturated carbocycles. The van der Waals surface area contributed by atoms with E-state index in [1.807, 2.05) is 0 Å². The maximum absolute atomic E-state index is 14.6. The van der Waals surface area contributed by atoms with Crippen molar-refractivity contribution in [1.82, 2.24) is 19.5 Å². The van der Waals surface area contributed by atoms with E-state index in [9.17, 15) is 22.8 Å². The molecule has 39 heavy (non-hydrogen) atoms. The summed E-state index contributed by atoms with van der Waals surface area (Å²) in [5.74, 6) is -1.84. The monoisotopic (exact) mass is 542 g/mol. The normalized spacial score (nSPS) is 16.9. The zero-order valence-electron chi connectivity index (χ0n) is 21.3. The number of anilines is 1. The van der Waals surface area contributed by atoms with Crippen molar-refractivity contribution in [3.8, 4) is 17.0 Å². The quantitative estimate of drug-likeness (QED) is 0.480. The fourth-order valence-corrected chi connectivity index (χ4v) is 4.92. The molecule has 0 bridgehead atoms. The molecular formula is C26H25F3N6O4. The Hall–Kier alpha value is -4.55. The average Bonchev–Trinajstić information content (AvgIpc) is 3.41. The van der Waals surface area contributed by atoms with Crippen LogP contribution in [0.15, 0.2) is 35.6 Å². The summed E-state index contributed by atoms with van der Waals surface area (Å²) in [5, 5.41) is 16.8. The molecule has 2 N–H and O–H groups in total. The SMILES string of the molecule is Cc1c(-c2cc(OC3CN(C(=O)N4N=CCC4c4cc(F)cc(F)c4)C3)c(F)cn2)c(C)n(C)c1NC(=O)O. The number of hydrogen-bond acceptors (Lipinski definition) is 5. The number of aromatic nitrogens is 2. The molecular weight excluding hydrogens is 517 g/mol. The molecule has 1 unspecified atom stereocenters. The summed E-state index contributed by atoms with van der Waals surface area (Å²) in [5.41, 5.74) is 2.69. The highest BCUT2D eigenvalue weighted by molar-refractivity contribution is 5.86. The van der Waals surface area contributed by atoms with E-state index in [-0.39, 0.29) is 18.8 Å². The van der Waals surface area contributed by atoms with E-state index in [4.69, 9.17) is 9.84 Å². The number of benzene rings is 1. The van der Waals surface area contributed by atoms with Crippen LogP contribution in [0.1, 0.15) is 29.3 Å². The van der Waals surface area contributed by atoms with Crippen LogP contribution in [0.5, 0.6) is 5.75 Å². The van der Waals surface area contributed by atoms with Crippen LogP contribution in [0.3, 0.4) is 0 Å².